The molecule has 0 saturated carbocycles. The lowest BCUT2D eigenvalue weighted by atomic mass is 9.81. The summed E-state index contributed by atoms with van der Waals surface area (Å²) in [6, 6.07) is 20.0. The number of hydrogen-bond acceptors (Lipinski definition) is 17. The molecule has 1 aliphatic carbocycles. The average molecular weight is 1210 g/mol. The van der Waals surface area contributed by atoms with E-state index in [-0.39, 0.29) is 90.7 Å². The van der Waals surface area contributed by atoms with Gasteiger partial charge in [0.25, 0.3) is 11.5 Å². The van der Waals surface area contributed by atoms with Crippen molar-refractivity contribution in [3.05, 3.63) is 156 Å². The Balaban J connectivity index is 0.000000234. The summed E-state index contributed by atoms with van der Waals surface area (Å²) < 4.78 is 28.5. The van der Waals surface area contributed by atoms with Crippen molar-refractivity contribution in [3.8, 4) is 40.0 Å². The number of likely N-dealkylation sites (N-methyl/N-ethyl adjacent to an activating group) is 1. The van der Waals surface area contributed by atoms with Crippen LogP contribution in [0.5, 0.6) is 11.5 Å². The Morgan fingerprint density at radius 1 is 0.875 bits per heavy atom. The maximum absolute atomic E-state index is 15.0. The highest BCUT2D eigenvalue weighted by Crippen LogP contribution is 2.45. The van der Waals surface area contributed by atoms with E-state index >= 15 is 4.39 Å². The van der Waals surface area contributed by atoms with Gasteiger partial charge < -0.3 is 65.2 Å². The van der Waals surface area contributed by atoms with Crippen LogP contribution in [0.4, 0.5) is 4.39 Å². The third-order valence-electron chi connectivity index (χ3n) is 14.9. The van der Waals surface area contributed by atoms with Crippen molar-refractivity contribution in [2.45, 2.75) is 90.4 Å². The van der Waals surface area contributed by atoms with Crippen molar-refractivity contribution in [1.29, 1.82) is 0 Å². The second-order valence-electron chi connectivity index (χ2n) is 21.2. The van der Waals surface area contributed by atoms with Crippen LogP contribution in [0.3, 0.4) is 0 Å². The van der Waals surface area contributed by atoms with Gasteiger partial charge >= 0.3 is 5.69 Å². The number of pyridine rings is 2. The Morgan fingerprint density at radius 2 is 1.60 bits per heavy atom. The lowest BCUT2D eigenvalue weighted by Gasteiger charge is -2.29. The van der Waals surface area contributed by atoms with Gasteiger partial charge in [-0.15, -0.1) is 0 Å². The summed E-state index contributed by atoms with van der Waals surface area (Å²) in [5, 5.41) is 43.9. The zero-order valence-electron chi connectivity index (χ0n) is 49.9. The first-order valence-electron chi connectivity index (χ1n) is 28.5. The normalized spacial score (nSPS) is 13.4. The van der Waals surface area contributed by atoms with Gasteiger partial charge in [0, 0.05) is 47.2 Å². The number of aromatic amines is 1. The van der Waals surface area contributed by atoms with Crippen LogP contribution >= 0.6 is 0 Å². The Bertz CT molecular complexity index is 3830. The summed E-state index contributed by atoms with van der Waals surface area (Å²) in [6.45, 7) is 7.56. The molecule has 2 aliphatic rings. The number of nitrogens with one attached hydrogen (secondary N) is 7. The van der Waals surface area contributed by atoms with Gasteiger partial charge in [0.1, 0.15) is 42.8 Å². The van der Waals surface area contributed by atoms with Crippen LogP contribution < -0.4 is 43.1 Å². The third-order valence-corrected chi connectivity index (χ3v) is 14.9. The largest absolute Gasteiger partial charge is 0.508 e. The van der Waals surface area contributed by atoms with Crippen molar-refractivity contribution in [2.24, 2.45) is 0 Å². The monoisotopic (exact) mass is 1210 g/mol. The molecule has 9 N–H and O–H groups in total. The molecule has 0 fully saturated rings. The van der Waals surface area contributed by atoms with Gasteiger partial charge in [0.15, 0.2) is 5.82 Å². The van der Waals surface area contributed by atoms with Crippen molar-refractivity contribution in [2.75, 3.05) is 54.2 Å². The fourth-order valence-electron chi connectivity index (χ4n) is 10.6. The van der Waals surface area contributed by atoms with E-state index in [1.54, 1.807) is 31.7 Å². The smallest absolute Gasteiger partial charge is 0.348 e. The van der Waals surface area contributed by atoms with Crippen LogP contribution in [0.1, 0.15) is 106 Å². The number of H-pyrrole nitrogens is 1. The molecule has 25 heteroatoms. The molecule has 4 aromatic carbocycles. The second kappa shape index (κ2) is 30.7. The Kier molecular flexibility index (Phi) is 23.0. The number of phenolic OH excluding ortho intramolecular Hbond substituents is 2. The van der Waals surface area contributed by atoms with Crippen LogP contribution in [0.2, 0.25) is 0 Å². The highest BCUT2D eigenvalue weighted by atomic mass is 19.1. The summed E-state index contributed by atoms with van der Waals surface area (Å²) >= 11 is 0. The van der Waals surface area contributed by atoms with Crippen molar-refractivity contribution in [1.82, 2.24) is 56.2 Å². The number of carbonyl (C=O) groups excluding carboxylic acids is 7. The zero-order valence-corrected chi connectivity index (χ0v) is 49.9. The maximum Gasteiger partial charge on any atom is 0.348 e. The zero-order chi connectivity index (χ0) is 63.8. The standard InChI is InChI=1S/C31H32N6O7.C29H33FN4O5.C3H7NO/c1-18(2)23-13-24(26(40)14-25(23)39)29-35-36-31(44)37(29)22-10-8-20(9-11-22)30(43)33-15-27(41)32-16-28(42)34-21(17-38)12-19-6-4-3-5-7-19;1-5-16(11-35)18-8-24-28-19(10-34(24)29(37)20(18)12-38-4)27-22(32-25(36)13-39-14-31-3)7-6-17-15(2)21(30)9-23(33-28)26(17)27;1-4-2-3-5/h3-11,13-14,17-18,21,39-40H,12,15-16H2,1-2H3,(H,32,41)(H,33,43)(H,34,42)(H,36,44);8-9,11,16,22,31H,5-7,10,12-14H2,1-4H3,(H,32,36);3-4H,2H2,1H3. The van der Waals surface area contributed by atoms with Crippen LogP contribution in [0, 0.1) is 12.7 Å². The predicted octanol–water partition coefficient (Wildman–Crippen LogP) is 3.95. The molecule has 0 spiro atoms. The number of carbonyl (C=O) groups is 7. The molecule has 9 rings (SSSR count). The molecule has 7 aromatic rings. The number of aromatic hydroxyl groups is 2. The Morgan fingerprint density at radius 3 is 2.24 bits per heavy atom. The molecule has 0 bridgehead atoms. The first-order valence-corrected chi connectivity index (χ1v) is 28.5. The first-order chi connectivity index (χ1) is 42.3. The molecule has 88 heavy (non-hydrogen) atoms. The lowest BCUT2D eigenvalue weighted by molar-refractivity contribution is -0.126. The number of phenols is 2. The van der Waals surface area contributed by atoms with Crippen molar-refractivity contribution >= 4 is 53.4 Å². The minimum atomic E-state index is -0.747. The SMILES string of the molecule is CC(C)c1cc(-c2n[nH]c(=O)n2-c2ccc(C(=O)NCC(=O)NCC(=O)NC(C=O)Cc3ccccc3)cc2)c(O)cc1O.CCC(C=O)c1cc2n(c(=O)c1COC)Cc1c-2nc2cc(F)c(C)c3c2c1C(NC(=O)COCNC)CC3.CNCC=O. The Hall–Kier alpha value is -9.56. The van der Waals surface area contributed by atoms with Crippen molar-refractivity contribution < 1.29 is 57.6 Å². The number of aryl methyl sites for hydroxylation is 1. The number of methoxy groups -OCH3 is 1. The molecule has 0 radical (unpaired) electrons. The molecule has 24 nitrogen and oxygen atoms in total. The van der Waals surface area contributed by atoms with Crippen molar-refractivity contribution in [3.63, 3.8) is 0 Å². The van der Waals surface area contributed by atoms with E-state index < -0.39 is 41.9 Å². The Labute approximate surface area is 505 Å². The minimum Gasteiger partial charge on any atom is -0.508 e. The van der Waals surface area contributed by atoms with Gasteiger partial charge in [-0.3, -0.25) is 29.3 Å². The molecule has 464 valence electrons. The van der Waals surface area contributed by atoms with E-state index in [2.05, 4.69) is 42.1 Å². The maximum atomic E-state index is 15.0. The minimum absolute atomic E-state index is 0.0646. The molecule has 1 aliphatic heterocycles. The fraction of sp³-hybridized carbons (Fsp3) is 0.349. The molecular weight excluding hydrogens is 1140 g/mol. The number of fused-ring (bicyclic) bond motifs is 4. The summed E-state index contributed by atoms with van der Waals surface area (Å²) in [5.74, 6) is -3.11. The lowest BCUT2D eigenvalue weighted by Crippen LogP contribution is -2.45. The highest BCUT2D eigenvalue weighted by Gasteiger charge is 2.36. The fourth-order valence-corrected chi connectivity index (χ4v) is 10.6. The van der Waals surface area contributed by atoms with Crippen LogP contribution in [0.25, 0.3) is 39.4 Å². The summed E-state index contributed by atoms with van der Waals surface area (Å²) in [4.78, 5) is 114. The van der Waals surface area contributed by atoms with Gasteiger partial charge in [-0.25, -0.2) is 23.8 Å². The number of rotatable bonds is 24. The van der Waals surface area contributed by atoms with E-state index in [0.29, 0.717) is 83.4 Å². The highest BCUT2D eigenvalue weighted by molar-refractivity contribution is 5.97. The van der Waals surface area contributed by atoms with Gasteiger partial charge in [-0.1, -0.05) is 51.1 Å². The van der Waals surface area contributed by atoms with Gasteiger partial charge in [0.05, 0.1) is 79.8 Å². The molecular formula is C63H72FN11O13. The van der Waals surface area contributed by atoms with Gasteiger partial charge in [-0.05, 0) is 122 Å². The number of halogens is 1. The topological polar surface area (TPSA) is 336 Å². The van der Waals surface area contributed by atoms with Gasteiger partial charge in [0.2, 0.25) is 17.7 Å². The number of amides is 4. The summed E-state index contributed by atoms with van der Waals surface area (Å²) in [5.41, 5.74) is 7.22. The number of aldehydes is 3. The number of aromatic nitrogens is 5. The number of nitrogens with zero attached hydrogens (tertiary/aromatic N) is 4. The van der Waals surface area contributed by atoms with E-state index in [4.69, 9.17) is 14.5 Å². The molecule has 0 saturated heterocycles. The average Bonchev–Trinajstić information content (AvgIpc) is 1.57. The quantitative estimate of drug-likeness (QED) is 0.0235. The van der Waals surface area contributed by atoms with E-state index in [1.165, 1.54) is 48.1 Å². The summed E-state index contributed by atoms with van der Waals surface area (Å²) in [7, 11) is 4.98. The molecule has 4 heterocycles. The predicted molar refractivity (Wildman–Crippen MR) is 325 cm³/mol. The first kappa shape index (κ1) is 66.0. The molecule has 4 amide bonds. The number of hydrogen-bond donors (Lipinski definition) is 9. The third kappa shape index (κ3) is 15.3. The molecule has 3 aromatic heterocycles. The van der Waals surface area contributed by atoms with Crippen LogP contribution in [0.15, 0.2) is 88.5 Å². The molecule has 3 unspecified atom stereocenters. The van der Waals surface area contributed by atoms with E-state index in [9.17, 15) is 53.4 Å². The van der Waals surface area contributed by atoms with Gasteiger partial charge in [-0.2, -0.15) is 5.10 Å². The summed E-state index contributed by atoms with van der Waals surface area (Å²) in [6.07, 6.45) is 4.31. The second-order valence-corrected chi connectivity index (χ2v) is 21.2. The number of benzene rings is 4. The van der Waals surface area contributed by atoms with Crippen LogP contribution in [-0.2, 0) is 64.2 Å². The van der Waals surface area contributed by atoms with E-state index in [0.717, 1.165) is 40.2 Å². The number of ether oxygens (including phenoxy) is 2. The van der Waals surface area contributed by atoms with E-state index in [1.807, 2.05) is 57.2 Å². The van der Waals surface area contributed by atoms with Crippen LogP contribution in [-0.4, -0.2) is 137 Å². The molecule has 3 atom stereocenters.